The number of hydrogen-bond donors (Lipinski definition) is 0. The molecule has 0 aliphatic heterocycles. The van der Waals surface area contributed by atoms with Crippen LogP contribution in [0.1, 0.15) is 11.1 Å². The number of allylic oxidation sites excluding steroid dienone is 1. The first-order chi connectivity index (χ1) is 6.45. The molecule has 0 saturated heterocycles. The average Bonchev–Trinajstić information content (AvgIpc) is 2.65. The molecule has 1 heteroatoms. The highest BCUT2D eigenvalue weighted by atomic mass is 14.6. The van der Waals surface area contributed by atoms with Crippen molar-refractivity contribution in [3.05, 3.63) is 47.7 Å². The van der Waals surface area contributed by atoms with Gasteiger partial charge in [0, 0.05) is 11.6 Å². The van der Waals surface area contributed by atoms with Crippen LogP contribution in [-0.2, 0) is 6.42 Å². The van der Waals surface area contributed by atoms with Gasteiger partial charge in [0.05, 0.1) is 5.52 Å². The first-order valence-electron chi connectivity index (χ1n) is 4.48. The van der Waals surface area contributed by atoms with Gasteiger partial charge in [0.25, 0.3) is 0 Å². The zero-order valence-electron chi connectivity index (χ0n) is 7.20. The summed E-state index contributed by atoms with van der Waals surface area (Å²) in [5, 5.41) is 1.27. The lowest BCUT2D eigenvalue weighted by Crippen LogP contribution is -1.85. The van der Waals surface area contributed by atoms with E-state index in [9.17, 15) is 0 Å². The highest BCUT2D eigenvalue weighted by Gasteiger charge is 2.08. The lowest BCUT2D eigenvalue weighted by molar-refractivity contribution is 1.31. The zero-order chi connectivity index (χ0) is 8.67. The molecule has 0 unspecified atom stereocenters. The van der Waals surface area contributed by atoms with Gasteiger partial charge in [0.15, 0.2) is 0 Å². The van der Waals surface area contributed by atoms with Gasteiger partial charge in [-0.1, -0.05) is 24.3 Å². The van der Waals surface area contributed by atoms with Crippen LogP contribution < -0.4 is 0 Å². The minimum Gasteiger partial charge on any atom is -0.256 e. The van der Waals surface area contributed by atoms with Crippen molar-refractivity contribution in [3.8, 4) is 0 Å². The summed E-state index contributed by atoms with van der Waals surface area (Å²) in [6.07, 6.45) is 7.31. The molecule has 0 bridgehead atoms. The Labute approximate surface area is 76.7 Å². The Morgan fingerprint density at radius 1 is 1.15 bits per heavy atom. The smallest absolute Gasteiger partial charge is 0.0708 e. The van der Waals surface area contributed by atoms with Crippen molar-refractivity contribution >= 4 is 17.0 Å². The Morgan fingerprint density at radius 3 is 3.15 bits per heavy atom. The molecule has 1 heterocycles. The van der Waals surface area contributed by atoms with Gasteiger partial charge >= 0.3 is 0 Å². The van der Waals surface area contributed by atoms with Crippen LogP contribution in [0.2, 0.25) is 0 Å². The maximum absolute atomic E-state index is 4.32. The molecule has 1 aromatic carbocycles. The number of hydrogen-bond acceptors (Lipinski definition) is 1. The van der Waals surface area contributed by atoms with Crippen molar-refractivity contribution in [2.45, 2.75) is 6.42 Å². The molecule has 0 saturated carbocycles. The van der Waals surface area contributed by atoms with Crippen LogP contribution in [0.25, 0.3) is 17.0 Å². The third kappa shape index (κ3) is 0.903. The normalized spacial score (nSPS) is 13.5. The number of fused-ring (bicyclic) bond motifs is 3. The van der Waals surface area contributed by atoms with E-state index >= 15 is 0 Å². The Hall–Kier alpha value is -1.63. The van der Waals surface area contributed by atoms with E-state index in [-0.39, 0.29) is 0 Å². The topological polar surface area (TPSA) is 12.9 Å². The Balaban J connectivity index is 2.49. The molecule has 0 atom stereocenters. The van der Waals surface area contributed by atoms with Gasteiger partial charge in [-0.15, -0.1) is 0 Å². The van der Waals surface area contributed by atoms with Gasteiger partial charge in [-0.2, -0.15) is 0 Å². The molecule has 0 amide bonds. The second-order valence-corrected chi connectivity index (χ2v) is 3.31. The van der Waals surface area contributed by atoms with Crippen LogP contribution in [0.4, 0.5) is 0 Å². The molecular weight excluding hydrogens is 158 g/mol. The predicted molar refractivity (Wildman–Crippen MR) is 54.5 cm³/mol. The molecule has 1 nitrogen and oxygen atoms in total. The fourth-order valence-corrected chi connectivity index (χ4v) is 1.90. The number of nitrogens with zero attached hydrogens (tertiary/aromatic N) is 1. The fraction of sp³-hybridized carbons (Fsp3) is 0.0833. The Kier molecular flexibility index (Phi) is 1.28. The summed E-state index contributed by atoms with van der Waals surface area (Å²) in [7, 11) is 0. The minimum absolute atomic E-state index is 1.07. The molecule has 0 N–H and O–H groups in total. The Bertz CT molecular complexity index is 497. The summed E-state index contributed by atoms with van der Waals surface area (Å²) in [5.41, 5.74) is 3.86. The number of benzene rings is 1. The van der Waals surface area contributed by atoms with Gasteiger partial charge in [0.1, 0.15) is 0 Å². The first kappa shape index (κ1) is 6.84. The summed E-state index contributed by atoms with van der Waals surface area (Å²) in [5.74, 6) is 0. The number of rotatable bonds is 0. The van der Waals surface area contributed by atoms with Gasteiger partial charge in [0.2, 0.25) is 0 Å². The van der Waals surface area contributed by atoms with Crippen LogP contribution in [0.3, 0.4) is 0 Å². The second kappa shape index (κ2) is 2.43. The monoisotopic (exact) mass is 167 g/mol. The molecule has 62 valence electrons. The SMILES string of the molecule is C1=Cc2c(ccc3ncccc23)C1. The summed E-state index contributed by atoms with van der Waals surface area (Å²) in [4.78, 5) is 4.32. The van der Waals surface area contributed by atoms with Gasteiger partial charge in [-0.05, 0) is 29.7 Å². The van der Waals surface area contributed by atoms with E-state index in [0.717, 1.165) is 11.9 Å². The standard InChI is InChI=1S/C12H9N/c1-3-9-6-7-12-11(10(9)4-1)5-2-8-13-12/h1-2,4-8H,3H2. The van der Waals surface area contributed by atoms with E-state index in [2.05, 4.69) is 35.3 Å². The molecular formula is C12H9N. The molecule has 0 fully saturated rings. The molecule has 1 aliphatic rings. The fourth-order valence-electron chi connectivity index (χ4n) is 1.90. The lowest BCUT2D eigenvalue weighted by atomic mass is 10.0. The first-order valence-corrected chi connectivity index (χ1v) is 4.48. The molecule has 0 spiro atoms. The van der Waals surface area contributed by atoms with Crippen LogP contribution >= 0.6 is 0 Å². The number of pyridine rings is 1. The Morgan fingerprint density at radius 2 is 2.15 bits per heavy atom. The minimum atomic E-state index is 1.07. The van der Waals surface area contributed by atoms with E-state index in [1.165, 1.54) is 16.5 Å². The van der Waals surface area contributed by atoms with Crippen LogP contribution in [0, 0.1) is 0 Å². The predicted octanol–water partition coefficient (Wildman–Crippen LogP) is 2.80. The van der Waals surface area contributed by atoms with Crippen molar-refractivity contribution < 1.29 is 0 Å². The maximum Gasteiger partial charge on any atom is 0.0708 e. The summed E-state index contributed by atoms with van der Waals surface area (Å²) in [6.45, 7) is 0. The van der Waals surface area contributed by atoms with Gasteiger partial charge < -0.3 is 0 Å². The molecule has 1 aliphatic carbocycles. The van der Waals surface area contributed by atoms with Gasteiger partial charge in [-0.25, -0.2) is 0 Å². The van der Waals surface area contributed by atoms with Crippen molar-refractivity contribution in [2.24, 2.45) is 0 Å². The third-order valence-electron chi connectivity index (χ3n) is 2.54. The highest BCUT2D eigenvalue weighted by molar-refractivity contribution is 5.90. The van der Waals surface area contributed by atoms with Crippen LogP contribution in [0.15, 0.2) is 36.5 Å². The van der Waals surface area contributed by atoms with Gasteiger partial charge in [-0.3, -0.25) is 4.98 Å². The average molecular weight is 167 g/mol. The molecule has 3 rings (SSSR count). The number of aromatic nitrogens is 1. The summed E-state index contributed by atoms with van der Waals surface area (Å²) in [6, 6.07) is 8.40. The van der Waals surface area contributed by atoms with Crippen molar-refractivity contribution in [1.82, 2.24) is 4.98 Å². The third-order valence-corrected chi connectivity index (χ3v) is 2.54. The highest BCUT2D eigenvalue weighted by Crippen LogP contribution is 2.26. The van der Waals surface area contributed by atoms with Crippen LogP contribution in [0.5, 0.6) is 0 Å². The van der Waals surface area contributed by atoms with E-state index in [1.54, 1.807) is 0 Å². The second-order valence-electron chi connectivity index (χ2n) is 3.31. The van der Waals surface area contributed by atoms with Crippen molar-refractivity contribution in [1.29, 1.82) is 0 Å². The maximum atomic E-state index is 4.32. The lowest BCUT2D eigenvalue weighted by Gasteiger charge is -2.02. The molecule has 0 radical (unpaired) electrons. The van der Waals surface area contributed by atoms with Crippen molar-refractivity contribution in [2.75, 3.05) is 0 Å². The van der Waals surface area contributed by atoms with E-state index in [1.807, 2.05) is 12.3 Å². The molecule has 13 heavy (non-hydrogen) atoms. The van der Waals surface area contributed by atoms with E-state index < -0.39 is 0 Å². The van der Waals surface area contributed by atoms with E-state index in [4.69, 9.17) is 0 Å². The van der Waals surface area contributed by atoms with E-state index in [0.29, 0.717) is 0 Å². The molecule has 1 aromatic heterocycles. The summed E-state index contributed by atoms with van der Waals surface area (Å²) >= 11 is 0. The largest absolute Gasteiger partial charge is 0.256 e. The molecule has 2 aromatic rings. The summed E-state index contributed by atoms with van der Waals surface area (Å²) < 4.78 is 0. The van der Waals surface area contributed by atoms with Crippen molar-refractivity contribution in [3.63, 3.8) is 0 Å². The zero-order valence-corrected chi connectivity index (χ0v) is 7.20. The quantitative estimate of drug-likeness (QED) is 0.588. The van der Waals surface area contributed by atoms with Crippen LogP contribution in [-0.4, -0.2) is 4.98 Å².